The van der Waals surface area contributed by atoms with Crippen molar-refractivity contribution in [1.82, 2.24) is 14.5 Å². The van der Waals surface area contributed by atoms with Crippen molar-refractivity contribution in [3.8, 4) is 11.3 Å². The topological polar surface area (TPSA) is 83.1 Å². The summed E-state index contributed by atoms with van der Waals surface area (Å²) in [5.41, 5.74) is 1.67. The molecular formula is C22H25N3O3S. The van der Waals surface area contributed by atoms with Crippen LogP contribution < -0.4 is 5.56 Å². The monoisotopic (exact) mass is 411 g/mol. The first-order valence-corrected chi connectivity index (χ1v) is 11.4. The number of sulfonamides is 1. The Morgan fingerprint density at radius 2 is 1.72 bits per heavy atom. The number of aryl methyl sites for hydroxylation is 1. The number of hydrogen-bond donors (Lipinski definition) is 1. The Bertz CT molecular complexity index is 1210. The van der Waals surface area contributed by atoms with E-state index in [4.69, 9.17) is 0 Å². The molecule has 3 aromatic rings. The smallest absolute Gasteiger partial charge is 0.267 e. The quantitative estimate of drug-likeness (QED) is 0.707. The first-order valence-electron chi connectivity index (χ1n) is 9.96. The van der Waals surface area contributed by atoms with Gasteiger partial charge < -0.3 is 0 Å². The minimum Gasteiger partial charge on any atom is -0.267 e. The van der Waals surface area contributed by atoms with Gasteiger partial charge in [-0.05, 0) is 37.5 Å². The van der Waals surface area contributed by atoms with Gasteiger partial charge in [0.05, 0.1) is 16.0 Å². The molecule has 1 aromatic heterocycles. The number of H-pyrrole nitrogens is 1. The second-order valence-corrected chi connectivity index (χ2v) is 9.71. The van der Waals surface area contributed by atoms with Gasteiger partial charge in [-0.3, -0.25) is 4.79 Å². The summed E-state index contributed by atoms with van der Waals surface area (Å²) in [5, 5.41) is 7.97. The Hall–Kier alpha value is -2.51. The third kappa shape index (κ3) is 3.60. The standard InChI is InChI=1S/C22H25N3O3S/c1-15-12-13-16(21-18-10-6-7-11-19(18)22(26)24-23-21)14-20(15)29(27,28)25(2)17-8-4-3-5-9-17/h6-7,10-14,17H,3-5,8-9H2,1-2H3,(H,24,26). The van der Waals surface area contributed by atoms with E-state index in [2.05, 4.69) is 10.2 Å². The van der Waals surface area contributed by atoms with E-state index < -0.39 is 10.0 Å². The molecule has 6 nitrogen and oxygen atoms in total. The molecule has 0 spiro atoms. The lowest BCUT2D eigenvalue weighted by Gasteiger charge is -2.30. The van der Waals surface area contributed by atoms with Crippen molar-refractivity contribution in [2.45, 2.75) is 50.0 Å². The minimum atomic E-state index is -3.63. The maximum atomic E-state index is 13.4. The van der Waals surface area contributed by atoms with Crippen LogP contribution in [0, 0.1) is 6.92 Å². The highest BCUT2D eigenvalue weighted by Crippen LogP contribution is 2.31. The molecule has 1 saturated carbocycles. The van der Waals surface area contributed by atoms with Crippen LogP contribution in [0.3, 0.4) is 0 Å². The van der Waals surface area contributed by atoms with Crippen LogP contribution in [-0.4, -0.2) is 36.0 Å². The Balaban J connectivity index is 1.81. The van der Waals surface area contributed by atoms with Crippen LogP contribution >= 0.6 is 0 Å². The number of aromatic nitrogens is 2. The van der Waals surface area contributed by atoms with Gasteiger partial charge >= 0.3 is 0 Å². The van der Waals surface area contributed by atoms with E-state index >= 15 is 0 Å². The average Bonchev–Trinajstić information content (AvgIpc) is 2.75. The molecular weight excluding hydrogens is 386 g/mol. The summed E-state index contributed by atoms with van der Waals surface area (Å²) in [4.78, 5) is 12.4. The summed E-state index contributed by atoms with van der Waals surface area (Å²) in [6, 6.07) is 12.6. The number of benzene rings is 2. The van der Waals surface area contributed by atoms with Crippen LogP contribution in [0.4, 0.5) is 0 Å². The van der Waals surface area contributed by atoms with E-state index in [1.54, 1.807) is 31.3 Å². The van der Waals surface area contributed by atoms with E-state index in [1.807, 2.05) is 25.1 Å². The Morgan fingerprint density at radius 3 is 2.45 bits per heavy atom. The van der Waals surface area contributed by atoms with Crippen molar-refractivity contribution in [2.75, 3.05) is 7.05 Å². The first-order chi connectivity index (χ1) is 13.9. The lowest BCUT2D eigenvalue weighted by atomic mass is 9.96. The lowest BCUT2D eigenvalue weighted by Crippen LogP contribution is -2.38. The van der Waals surface area contributed by atoms with Gasteiger partial charge in [0.2, 0.25) is 10.0 Å². The second-order valence-electron chi connectivity index (χ2n) is 7.74. The van der Waals surface area contributed by atoms with Crippen LogP contribution in [0.2, 0.25) is 0 Å². The Morgan fingerprint density at radius 1 is 1.03 bits per heavy atom. The first kappa shape index (κ1) is 19.8. The number of aromatic amines is 1. The fraction of sp³-hybridized carbons (Fsp3) is 0.364. The van der Waals surface area contributed by atoms with Gasteiger partial charge in [0.1, 0.15) is 0 Å². The molecule has 0 atom stereocenters. The van der Waals surface area contributed by atoms with Crippen LogP contribution in [0.25, 0.3) is 22.0 Å². The van der Waals surface area contributed by atoms with Gasteiger partial charge in [-0.1, -0.05) is 49.6 Å². The number of hydrogen-bond acceptors (Lipinski definition) is 4. The third-order valence-electron chi connectivity index (χ3n) is 5.90. The van der Waals surface area contributed by atoms with Crippen LogP contribution in [0.5, 0.6) is 0 Å². The van der Waals surface area contributed by atoms with E-state index in [0.29, 0.717) is 32.5 Å². The van der Waals surface area contributed by atoms with E-state index in [9.17, 15) is 13.2 Å². The van der Waals surface area contributed by atoms with Gasteiger partial charge in [-0.15, -0.1) is 0 Å². The largest absolute Gasteiger partial charge is 0.272 e. The van der Waals surface area contributed by atoms with Crippen molar-refractivity contribution in [3.63, 3.8) is 0 Å². The molecule has 0 aliphatic heterocycles. The maximum absolute atomic E-state index is 13.4. The fourth-order valence-electron chi connectivity index (χ4n) is 4.16. The molecule has 0 bridgehead atoms. The van der Waals surface area contributed by atoms with E-state index in [-0.39, 0.29) is 11.6 Å². The van der Waals surface area contributed by atoms with Gasteiger partial charge in [-0.25, -0.2) is 13.5 Å². The molecule has 4 rings (SSSR count). The molecule has 1 fully saturated rings. The second kappa shape index (κ2) is 7.72. The zero-order chi connectivity index (χ0) is 20.6. The molecule has 7 heteroatoms. The summed E-state index contributed by atoms with van der Waals surface area (Å²) in [6.45, 7) is 1.81. The van der Waals surface area contributed by atoms with Crippen LogP contribution in [0.1, 0.15) is 37.7 Å². The molecule has 2 aromatic carbocycles. The SMILES string of the molecule is Cc1ccc(-c2n[nH]c(=O)c3ccccc23)cc1S(=O)(=O)N(C)C1CCCCC1. The molecule has 29 heavy (non-hydrogen) atoms. The maximum Gasteiger partial charge on any atom is 0.272 e. The van der Waals surface area contributed by atoms with Crippen molar-refractivity contribution >= 4 is 20.8 Å². The van der Waals surface area contributed by atoms with Crippen molar-refractivity contribution in [1.29, 1.82) is 0 Å². The number of fused-ring (bicyclic) bond motifs is 1. The molecule has 0 saturated heterocycles. The molecule has 1 aliphatic carbocycles. The minimum absolute atomic E-state index is 0.0452. The zero-order valence-electron chi connectivity index (χ0n) is 16.7. The fourth-order valence-corrected chi connectivity index (χ4v) is 5.82. The van der Waals surface area contributed by atoms with Crippen LogP contribution in [0.15, 0.2) is 52.2 Å². The van der Waals surface area contributed by atoms with E-state index in [1.165, 1.54) is 10.7 Å². The molecule has 1 N–H and O–H groups in total. The molecule has 152 valence electrons. The predicted octanol–water partition coefficient (Wildman–Crippen LogP) is 3.85. The highest BCUT2D eigenvalue weighted by atomic mass is 32.2. The van der Waals surface area contributed by atoms with Crippen molar-refractivity contribution in [3.05, 3.63) is 58.4 Å². The number of nitrogens with zero attached hydrogens (tertiary/aromatic N) is 2. The molecule has 0 radical (unpaired) electrons. The summed E-state index contributed by atoms with van der Waals surface area (Å²) >= 11 is 0. The average molecular weight is 412 g/mol. The summed E-state index contributed by atoms with van der Waals surface area (Å²) in [5.74, 6) is 0. The highest BCUT2D eigenvalue weighted by molar-refractivity contribution is 7.89. The van der Waals surface area contributed by atoms with Gasteiger partial charge in [0.15, 0.2) is 0 Å². The van der Waals surface area contributed by atoms with Gasteiger partial charge in [-0.2, -0.15) is 9.40 Å². The van der Waals surface area contributed by atoms with E-state index in [0.717, 1.165) is 25.7 Å². The molecule has 0 unspecified atom stereocenters. The molecule has 1 heterocycles. The normalized spacial score (nSPS) is 15.8. The Labute approximate surface area is 170 Å². The van der Waals surface area contributed by atoms with Crippen molar-refractivity contribution in [2.24, 2.45) is 0 Å². The van der Waals surface area contributed by atoms with Gasteiger partial charge in [0, 0.05) is 24.0 Å². The van der Waals surface area contributed by atoms with Crippen molar-refractivity contribution < 1.29 is 8.42 Å². The highest BCUT2D eigenvalue weighted by Gasteiger charge is 2.30. The third-order valence-corrected chi connectivity index (χ3v) is 7.96. The molecule has 1 aliphatic rings. The summed E-state index contributed by atoms with van der Waals surface area (Å²) in [6.07, 6.45) is 5.11. The summed E-state index contributed by atoms with van der Waals surface area (Å²) < 4.78 is 28.3. The van der Waals surface area contributed by atoms with Gasteiger partial charge in [0.25, 0.3) is 5.56 Å². The summed E-state index contributed by atoms with van der Waals surface area (Å²) in [7, 11) is -1.94. The van der Waals surface area contributed by atoms with Crippen LogP contribution in [-0.2, 0) is 10.0 Å². The number of rotatable bonds is 4. The molecule has 0 amide bonds. The predicted molar refractivity (Wildman–Crippen MR) is 114 cm³/mol. The lowest BCUT2D eigenvalue weighted by molar-refractivity contribution is 0.285. The zero-order valence-corrected chi connectivity index (χ0v) is 17.5. The number of nitrogens with one attached hydrogen (secondary N) is 1. The Kier molecular flexibility index (Phi) is 5.27.